The highest BCUT2D eigenvalue weighted by Crippen LogP contribution is 2.15. The van der Waals surface area contributed by atoms with Crippen molar-refractivity contribution in [2.24, 2.45) is 0 Å². The van der Waals surface area contributed by atoms with Gasteiger partial charge in [0, 0.05) is 6.54 Å². The summed E-state index contributed by atoms with van der Waals surface area (Å²) in [5.74, 6) is 0. The molecule has 0 aliphatic rings. The summed E-state index contributed by atoms with van der Waals surface area (Å²) in [5.41, 5.74) is 8.59. The van der Waals surface area contributed by atoms with Gasteiger partial charge in [0.25, 0.3) is 0 Å². The Labute approximate surface area is 99.0 Å². The van der Waals surface area contributed by atoms with Gasteiger partial charge in [0.2, 0.25) is 0 Å². The normalized spacial score (nSPS) is 10.6. The molecule has 3 N–H and O–H groups in total. The van der Waals surface area contributed by atoms with Gasteiger partial charge in [-0.05, 0) is 17.9 Å². The molecule has 5 heteroatoms. The zero-order valence-electron chi connectivity index (χ0n) is 9.05. The van der Waals surface area contributed by atoms with Gasteiger partial charge < -0.3 is 5.73 Å². The number of anilines is 1. The van der Waals surface area contributed by atoms with Crippen LogP contribution in [-0.2, 0) is 6.54 Å². The van der Waals surface area contributed by atoms with Crippen LogP contribution >= 0.6 is 11.9 Å². The molecule has 0 saturated carbocycles. The van der Waals surface area contributed by atoms with Crippen LogP contribution in [0.15, 0.2) is 36.7 Å². The van der Waals surface area contributed by atoms with Gasteiger partial charge in [-0.1, -0.05) is 30.1 Å². The molecular formula is C11H14N4S. The van der Waals surface area contributed by atoms with E-state index in [1.807, 2.05) is 30.7 Å². The summed E-state index contributed by atoms with van der Waals surface area (Å²) >= 11 is 1.60. The van der Waals surface area contributed by atoms with E-state index in [4.69, 9.17) is 5.73 Å². The zero-order chi connectivity index (χ0) is 11.4. The molecule has 0 aliphatic carbocycles. The number of nitrogen functional groups attached to an aromatic ring is 1. The molecule has 1 heterocycles. The first kappa shape index (κ1) is 11.0. The molecule has 4 nitrogen and oxygen atoms in total. The van der Waals surface area contributed by atoms with Gasteiger partial charge in [-0.25, -0.2) is 4.68 Å². The molecule has 0 radical (unpaired) electrons. The first-order valence-electron chi connectivity index (χ1n) is 4.95. The molecule has 0 atom stereocenters. The van der Waals surface area contributed by atoms with Gasteiger partial charge in [-0.15, -0.1) is 0 Å². The Morgan fingerprint density at radius 1 is 1.44 bits per heavy atom. The first-order valence-corrected chi connectivity index (χ1v) is 6.18. The SMILES string of the molecule is CSNCc1ccccc1-n1cc(N)cn1. The standard InChI is InChI=1S/C11H14N4S/c1-16-14-6-9-4-2-3-5-11(9)15-8-10(12)7-13-15/h2-5,7-8,14H,6,12H2,1H3. The number of aromatic nitrogens is 2. The van der Waals surface area contributed by atoms with Crippen LogP contribution in [0.5, 0.6) is 0 Å². The zero-order valence-corrected chi connectivity index (χ0v) is 9.87. The molecule has 0 spiro atoms. The lowest BCUT2D eigenvalue weighted by Crippen LogP contribution is -2.07. The van der Waals surface area contributed by atoms with Gasteiger partial charge >= 0.3 is 0 Å². The Morgan fingerprint density at radius 2 is 2.25 bits per heavy atom. The minimum absolute atomic E-state index is 0.674. The van der Waals surface area contributed by atoms with Crippen molar-refractivity contribution in [2.75, 3.05) is 12.0 Å². The second kappa shape index (κ2) is 5.05. The van der Waals surface area contributed by atoms with Crippen LogP contribution in [-0.4, -0.2) is 16.0 Å². The van der Waals surface area contributed by atoms with Gasteiger partial charge in [0.05, 0.1) is 23.8 Å². The van der Waals surface area contributed by atoms with Crippen LogP contribution < -0.4 is 10.5 Å². The van der Waals surface area contributed by atoms with Crippen LogP contribution in [0, 0.1) is 0 Å². The molecule has 1 aromatic heterocycles. The molecular weight excluding hydrogens is 220 g/mol. The smallest absolute Gasteiger partial charge is 0.0724 e. The molecule has 0 unspecified atom stereocenters. The number of nitrogens with zero attached hydrogens (tertiary/aromatic N) is 2. The fraction of sp³-hybridized carbons (Fsp3) is 0.182. The molecule has 84 valence electrons. The van der Waals surface area contributed by atoms with Crippen molar-refractivity contribution in [1.82, 2.24) is 14.5 Å². The van der Waals surface area contributed by atoms with Crippen LogP contribution in [0.3, 0.4) is 0 Å². The highest BCUT2D eigenvalue weighted by molar-refractivity contribution is 7.96. The van der Waals surface area contributed by atoms with Crippen LogP contribution in [0.1, 0.15) is 5.56 Å². The predicted molar refractivity (Wildman–Crippen MR) is 68.3 cm³/mol. The van der Waals surface area contributed by atoms with Gasteiger partial charge in [0.15, 0.2) is 0 Å². The summed E-state index contributed by atoms with van der Waals surface area (Å²) in [6, 6.07) is 8.13. The third kappa shape index (κ3) is 2.37. The number of para-hydroxylation sites is 1. The summed E-state index contributed by atoms with van der Waals surface area (Å²) in [4.78, 5) is 0. The van der Waals surface area contributed by atoms with E-state index in [-0.39, 0.29) is 0 Å². The highest BCUT2D eigenvalue weighted by Gasteiger charge is 2.04. The maximum absolute atomic E-state index is 5.66. The molecule has 0 bridgehead atoms. The third-order valence-corrected chi connectivity index (χ3v) is 2.68. The summed E-state index contributed by atoms with van der Waals surface area (Å²) in [7, 11) is 0. The van der Waals surface area contributed by atoms with Crippen LogP contribution in [0.2, 0.25) is 0 Å². The lowest BCUT2D eigenvalue weighted by atomic mass is 10.2. The maximum Gasteiger partial charge on any atom is 0.0724 e. The molecule has 2 aromatic rings. The van der Waals surface area contributed by atoms with E-state index >= 15 is 0 Å². The van der Waals surface area contributed by atoms with Gasteiger partial charge in [-0.3, -0.25) is 4.72 Å². The fourth-order valence-electron chi connectivity index (χ4n) is 1.50. The molecule has 1 aromatic carbocycles. The largest absolute Gasteiger partial charge is 0.396 e. The quantitative estimate of drug-likeness (QED) is 0.792. The van der Waals surface area contributed by atoms with E-state index in [9.17, 15) is 0 Å². The average Bonchev–Trinajstić information content (AvgIpc) is 2.73. The van der Waals surface area contributed by atoms with E-state index in [0.717, 1.165) is 12.2 Å². The third-order valence-electron chi connectivity index (χ3n) is 2.25. The molecule has 0 saturated heterocycles. The van der Waals surface area contributed by atoms with E-state index in [0.29, 0.717) is 5.69 Å². The van der Waals surface area contributed by atoms with E-state index in [1.54, 1.807) is 22.8 Å². The maximum atomic E-state index is 5.66. The van der Waals surface area contributed by atoms with Crippen molar-refractivity contribution < 1.29 is 0 Å². The number of hydrogen-bond acceptors (Lipinski definition) is 4. The summed E-state index contributed by atoms with van der Waals surface area (Å²) < 4.78 is 5.02. The summed E-state index contributed by atoms with van der Waals surface area (Å²) in [5, 5.41) is 4.21. The number of benzene rings is 1. The molecule has 0 amide bonds. The fourth-order valence-corrected chi connectivity index (χ4v) is 1.80. The lowest BCUT2D eigenvalue weighted by Gasteiger charge is -2.09. The lowest BCUT2D eigenvalue weighted by molar-refractivity contribution is 0.849. The summed E-state index contributed by atoms with van der Waals surface area (Å²) in [6.45, 7) is 0.803. The number of rotatable bonds is 4. The van der Waals surface area contributed by atoms with E-state index in [2.05, 4.69) is 15.9 Å². The Balaban J connectivity index is 2.32. The van der Waals surface area contributed by atoms with Crippen molar-refractivity contribution >= 4 is 17.6 Å². The predicted octanol–water partition coefficient (Wildman–Crippen LogP) is 1.82. The van der Waals surface area contributed by atoms with Gasteiger partial charge in [0.1, 0.15) is 0 Å². The topological polar surface area (TPSA) is 55.9 Å². The number of hydrogen-bond donors (Lipinski definition) is 2. The Hall–Kier alpha value is -1.46. The van der Waals surface area contributed by atoms with Crippen molar-refractivity contribution in [3.63, 3.8) is 0 Å². The van der Waals surface area contributed by atoms with Crippen molar-refractivity contribution in [2.45, 2.75) is 6.54 Å². The molecule has 0 aliphatic heterocycles. The molecule has 2 rings (SSSR count). The van der Waals surface area contributed by atoms with E-state index in [1.165, 1.54) is 5.56 Å². The number of nitrogens with one attached hydrogen (secondary N) is 1. The second-order valence-corrected chi connectivity index (χ2v) is 4.07. The number of nitrogens with two attached hydrogens (primary N) is 1. The second-order valence-electron chi connectivity index (χ2n) is 3.37. The van der Waals surface area contributed by atoms with Crippen LogP contribution in [0.4, 0.5) is 5.69 Å². The Morgan fingerprint density at radius 3 is 2.94 bits per heavy atom. The minimum Gasteiger partial charge on any atom is -0.396 e. The monoisotopic (exact) mass is 234 g/mol. The van der Waals surface area contributed by atoms with Crippen LogP contribution in [0.25, 0.3) is 5.69 Å². The van der Waals surface area contributed by atoms with Crippen molar-refractivity contribution in [3.05, 3.63) is 42.2 Å². The minimum atomic E-state index is 0.674. The Bertz CT molecular complexity index is 467. The Kier molecular flexibility index (Phi) is 3.48. The first-order chi connectivity index (χ1) is 7.81. The summed E-state index contributed by atoms with van der Waals surface area (Å²) in [6.07, 6.45) is 5.48. The van der Waals surface area contributed by atoms with Gasteiger partial charge in [-0.2, -0.15) is 5.10 Å². The highest BCUT2D eigenvalue weighted by atomic mass is 32.2. The van der Waals surface area contributed by atoms with E-state index < -0.39 is 0 Å². The average molecular weight is 234 g/mol. The molecule has 16 heavy (non-hydrogen) atoms. The molecule has 0 fully saturated rings. The van der Waals surface area contributed by atoms with Crippen molar-refractivity contribution in [1.29, 1.82) is 0 Å². The van der Waals surface area contributed by atoms with Crippen molar-refractivity contribution in [3.8, 4) is 5.69 Å².